The summed E-state index contributed by atoms with van der Waals surface area (Å²) < 4.78 is 17.7. The Morgan fingerprint density at radius 1 is 1.40 bits per heavy atom. The molecule has 1 aromatic carbocycles. The average Bonchev–Trinajstić information content (AvgIpc) is 2.66. The number of hydrogen-bond acceptors (Lipinski definition) is 3. The number of nitrogens with zero attached hydrogens (tertiary/aromatic N) is 1. The molecule has 0 saturated heterocycles. The summed E-state index contributed by atoms with van der Waals surface area (Å²) in [6, 6.07) is 5.78. The molecule has 0 radical (unpaired) electrons. The minimum atomic E-state index is -0.383. The van der Waals surface area contributed by atoms with Gasteiger partial charge in [0.25, 0.3) is 0 Å². The number of hydrogen-bond donors (Lipinski definition) is 1. The van der Waals surface area contributed by atoms with Crippen LogP contribution in [0, 0.1) is 5.82 Å². The quantitative estimate of drug-likeness (QED) is 0.856. The molecule has 1 aromatic heterocycles. The lowest BCUT2D eigenvalue weighted by atomic mass is 10.1. The first-order valence-electron chi connectivity index (χ1n) is 4.32. The van der Waals surface area contributed by atoms with Gasteiger partial charge in [-0.2, -0.15) is 0 Å². The van der Waals surface area contributed by atoms with Crippen molar-refractivity contribution in [3.05, 3.63) is 40.9 Å². The van der Waals surface area contributed by atoms with Gasteiger partial charge in [-0.05, 0) is 18.2 Å². The van der Waals surface area contributed by atoms with E-state index in [9.17, 15) is 4.39 Å². The normalized spacial score (nSPS) is 10.6. The van der Waals surface area contributed by atoms with Crippen LogP contribution in [0.5, 0.6) is 0 Å². The van der Waals surface area contributed by atoms with Crippen molar-refractivity contribution >= 4 is 11.6 Å². The number of halogens is 2. The molecule has 5 heteroatoms. The van der Waals surface area contributed by atoms with Gasteiger partial charge in [-0.15, -0.1) is 0 Å². The van der Waals surface area contributed by atoms with Gasteiger partial charge in [0, 0.05) is 11.6 Å². The second kappa shape index (κ2) is 4.00. The molecule has 2 N–H and O–H groups in total. The molecular formula is C10H8ClFN2O. The monoisotopic (exact) mass is 226 g/mol. The molecule has 0 atom stereocenters. The maximum Gasteiger partial charge on any atom is 0.150 e. The largest absolute Gasteiger partial charge is 0.359 e. The Morgan fingerprint density at radius 2 is 2.20 bits per heavy atom. The molecule has 1 heterocycles. The molecule has 78 valence electrons. The lowest BCUT2D eigenvalue weighted by Crippen LogP contribution is -1.92. The highest BCUT2D eigenvalue weighted by Gasteiger charge is 2.09. The fraction of sp³-hybridized carbons (Fsp3) is 0.100. The molecule has 2 rings (SSSR count). The molecule has 0 fully saturated rings. The number of rotatable bonds is 2. The first-order valence-corrected chi connectivity index (χ1v) is 4.69. The molecule has 0 unspecified atom stereocenters. The van der Waals surface area contributed by atoms with Crippen LogP contribution in [0.3, 0.4) is 0 Å². The maximum absolute atomic E-state index is 12.8. The number of benzene rings is 1. The van der Waals surface area contributed by atoms with Crippen molar-refractivity contribution in [3.63, 3.8) is 0 Å². The summed E-state index contributed by atoms with van der Waals surface area (Å²) in [6.45, 7) is 0.270. The summed E-state index contributed by atoms with van der Waals surface area (Å²) >= 11 is 5.86. The summed E-state index contributed by atoms with van der Waals surface area (Å²) in [5.74, 6) is 0.177. The van der Waals surface area contributed by atoms with E-state index in [0.717, 1.165) is 0 Å². The van der Waals surface area contributed by atoms with E-state index >= 15 is 0 Å². The van der Waals surface area contributed by atoms with Gasteiger partial charge in [-0.25, -0.2) is 4.39 Å². The van der Waals surface area contributed by atoms with Gasteiger partial charge in [0.05, 0.1) is 11.6 Å². The van der Waals surface area contributed by atoms with Crippen molar-refractivity contribution in [2.75, 3.05) is 0 Å². The number of aromatic nitrogens is 1. The van der Waals surface area contributed by atoms with E-state index in [4.69, 9.17) is 21.9 Å². The van der Waals surface area contributed by atoms with Crippen LogP contribution >= 0.6 is 11.6 Å². The van der Waals surface area contributed by atoms with Crippen molar-refractivity contribution in [1.82, 2.24) is 5.16 Å². The van der Waals surface area contributed by atoms with Gasteiger partial charge in [0.1, 0.15) is 11.5 Å². The Kier molecular flexibility index (Phi) is 2.70. The Hall–Kier alpha value is -1.39. The highest BCUT2D eigenvalue weighted by Crippen LogP contribution is 2.27. The molecule has 0 aliphatic heterocycles. The van der Waals surface area contributed by atoms with Gasteiger partial charge in [-0.1, -0.05) is 16.8 Å². The van der Waals surface area contributed by atoms with Gasteiger partial charge >= 0.3 is 0 Å². The predicted molar refractivity (Wildman–Crippen MR) is 54.8 cm³/mol. The minimum Gasteiger partial charge on any atom is -0.359 e. The van der Waals surface area contributed by atoms with Crippen LogP contribution in [-0.4, -0.2) is 5.16 Å². The predicted octanol–water partition coefficient (Wildman–Crippen LogP) is 2.59. The van der Waals surface area contributed by atoms with E-state index in [2.05, 4.69) is 5.16 Å². The summed E-state index contributed by atoms with van der Waals surface area (Å²) in [5, 5.41) is 4.08. The van der Waals surface area contributed by atoms with Crippen LogP contribution < -0.4 is 5.73 Å². The Balaban J connectivity index is 2.44. The van der Waals surface area contributed by atoms with E-state index in [1.165, 1.54) is 12.1 Å². The Morgan fingerprint density at radius 3 is 2.80 bits per heavy atom. The summed E-state index contributed by atoms with van der Waals surface area (Å²) in [6.07, 6.45) is 0. The molecule has 0 saturated carbocycles. The fourth-order valence-corrected chi connectivity index (χ4v) is 1.50. The zero-order valence-corrected chi connectivity index (χ0v) is 8.46. The lowest BCUT2D eigenvalue weighted by Gasteiger charge is -1.98. The minimum absolute atomic E-state index is 0.270. The van der Waals surface area contributed by atoms with Crippen LogP contribution in [0.2, 0.25) is 5.02 Å². The van der Waals surface area contributed by atoms with E-state index in [0.29, 0.717) is 22.0 Å². The summed E-state index contributed by atoms with van der Waals surface area (Å²) in [7, 11) is 0. The van der Waals surface area contributed by atoms with Crippen molar-refractivity contribution in [2.24, 2.45) is 5.73 Å². The smallest absolute Gasteiger partial charge is 0.150 e. The SMILES string of the molecule is NCc1cc(-c2ccc(F)cc2Cl)no1. The third kappa shape index (κ3) is 2.00. The zero-order valence-electron chi connectivity index (χ0n) is 7.71. The van der Waals surface area contributed by atoms with Gasteiger partial charge < -0.3 is 10.3 Å². The van der Waals surface area contributed by atoms with E-state index in [1.54, 1.807) is 12.1 Å². The third-order valence-electron chi connectivity index (χ3n) is 1.97. The second-order valence-corrected chi connectivity index (χ2v) is 3.41. The van der Waals surface area contributed by atoms with Crippen LogP contribution in [0.4, 0.5) is 4.39 Å². The first-order chi connectivity index (χ1) is 7.20. The molecule has 0 aliphatic rings. The molecule has 0 amide bonds. The van der Waals surface area contributed by atoms with Crippen molar-refractivity contribution in [2.45, 2.75) is 6.54 Å². The van der Waals surface area contributed by atoms with E-state index in [-0.39, 0.29) is 12.4 Å². The molecule has 0 spiro atoms. The number of nitrogens with two attached hydrogens (primary N) is 1. The Labute approximate surface area is 90.6 Å². The lowest BCUT2D eigenvalue weighted by molar-refractivity contribution is 0.387. The standard InChI is InChI=1S/C10H8ClFN2O/c11-9-3-6(12)1-2-8(9)10-4-7(5-13)15-14-10/h1-4H,5,13H2. The summed E-state index contributed by atoms with van der Waals surface area (Å²) in [4.78, 5) is 0. The van der Waals surface area contributed by atoms with Gasteiger partial charge in [0.2, 0.25) is 0 Å². The fourth-order valence-electron chi connectivity index (χ4n) is 1.23. The average molecular weight is 227 g/mol. The van der Waals surface area contributed by atoms with Crippen molar-refractivity contribution < 1.29 is 8.91 Å². The maximum atomic E-state index is 12.8. The topological polar surface area (TPSA) is 52.0 Å². The highest BCUT2D eigenvalue weighted by molar-refractivity contribution is 6.33. The van der Waals surface area contributed by atoms with Crippen molar-refractivity contribution in [3.8, 4) is 11.3 Å². The third-order valence-corrected chi connectivity index (χ3v) is 2.28. The molecule has 0 aliphatic carbocycles. The van der Waals surface area contributed by atoms with Crippen LogP contribution in [0.15, 0.2) is 28.8 Å². The van der Waals surface area contributed by atoms with Crippen LogP contribution in [0.25, 0.3) is 11.3 Å². The Bertz CT molecular complexity index is 484. The molecule has 3 nitrogen and oxygen atoms in total. The second-order valence-electron chi connectivity index (χ2n) is 3.01. The highest BCUT2D eigenvalue weighted by atomic mass is 35.5. The molecular weight excluding hydrogens is 219 g/mol. The zero-order chi connectivity index (χ0) is 10.8. The van der Waals surface area contributed by atoms with E-state index in [1.807, 2.05) is 0 Å². The molecule has 0 bridgehead atoms. The van der Waals surface area contributed by atoms with Gasteiger partial charge in [0.15, 0.2) is 5.76 Å². The molecule has 2 aromatic rings. The van der Waals surface area contributed by atoms with Crippen LogP contribution in [-0.2, 0) is 6.54 Å². The van der Waals surface area contributed by atoms with Crippen LogP contribution in [0.1, 0.15) is 5.76 Å². The first kappa shape index (κ1) is 10.1. The summed E-state index contributed by atoms with van der Waals surface area (Å²) in [5.41, 5.74) is 6.56. The van der Waals surface area contributed by atoms with Gasteiger partial charge in [-0.3, -0.25) is 0 Å². The van der Waals surface area contributed by atoms with E-state index < -0.39 is 0 Å². The molecule has 15 heavy (non-hydrogen) atoms. The van der Waals surface area contributed by atoms with Crippen molar-refractivity contribution in [1.29, 1.82) is 0 Å².